The van der Waals surface area contributed by atoms with Gasteiger partial charge in [0.05, 0.1) is 20.5 Å². The number of rotatable bonds is 4. The Kier molecular flexibility index (Phi) is 4.01. The minimum absolute atomic E-state index is 0.0282. The second-order valence-electron chi connectivity index (χ2n) is 4.02. The van der Waals surface area contributed by atoms with E-state index in [-0.39, 0.29) is 27.0 Å². The lowest BCUT2D eigenvalue weighted by molar-refractivity contribution is -0.384. The van der Waals surface area contributed by atoms with Gasteiger partial charge in [0, 0.05) is 18.2 Å². The maximum absolute atomic E-state index is 12.1. The third kappa shape index (κ3) is 3.41. The lowest BCUT2D eigenvalue weighted by atomic mass is 10.3. The smallest absolute Gasteiger partial charge is 0.269 e. The van der Waals surface area contributed by atoms with Gasteiger partial charge in [-0.2, -0.15) is 0 Å². The van der Waals surface area contributed by atoms with Gasteiger partial charge in [0.25, 0.3) is 15.7 Å². The van der Waals surface area contributed by atoms with Crippen LogP contribution < -0.4 is 4.72 Å². The van der Waals surface area contributed by atoms with Gasteiger partial charge in [0.15, 0.2) is 0 Å². The van der Waals surface area contributed by atoms with E-state index < -0.39 is 14.9 Å². The fraction of sp³-hybridized carbons (Fsp3) is 0. The quantitative estimate of drug-likeness (QED) is 0.509. The molecule has 2 aromatic rings. The van der Waals surface area contributed by atoms with Crippen molar-refractivity contribution in [1.82, 2.24) is 0 Å². The summed E-state index contributed by atoms with van der Waals surface area (Å²) in [5.74, 6) is -0.0988. The molecule has 0 heterocycles. The maximum Gasteiger partial charge on any atom is 0.269 e. The van der Waals surface area contributed by atoms with Gasteiger partial charge in [-0.25, -0.2) is 8.42 Å². The fourth-order valence-electron chi connectivity index (χ4n) is 1.54. The van der Waals surface area contributed by atoms with E-state index in [1.54, 1.807) is 0 Å². The molecule has 0 radical (unpaired) electrons. The summed E-state index contributed by atoms with van der Waals surface area (Å²) in [6, 6.07) is 8.19. The zero-order valence-electron chi connectivity index (χ0n) is 10.4. The van der Waals surface area contributed by atoms with Crippen LogP contribution in [0.15, 0.2) is 47.4 Å². The van der Waals surface area contributed by atoms with Crippen LogP contribution in [-0.2, 0) is 10.0 Å². The number of nitro groups is 1. The normalized spacial score (nSPS) is 11.1. The van der Waals surface area contributed by atoms with Crippen molar-refractivity contribution in [2.45, 2.75) is 4.90 Å². The molecule has 0 aromatic heterocycles. The number of benzene rings is 2. The molecule has 9 heteroatoms. The van der Waals surface area contributed by atoms with Crippen LogP contribution in [0.25, 0.3) is 0 Å². The predicted octanol–water partition coefficient (Wildman–Crippen LogP) is 2.75. The highest BCUT2D eigenvalue weighted by atomic mass is 35.5. The molecule has 0 fully saturated rings. The molecule has 0 atom stereocenters. The molecule has 21 heavy (non-hydrogen) atoms. The molecule has 2 N–H and O–H groups in total. The first-order valence-corrected chi connectivity index (χ1v) is 7.41. The summed E-state index contributed by atoms with van der Waals surface area (Å²) in [6.45, 7) is 0. The molecule has 0 saturated heterocycles. The van der Waals surface area contributed by atoms with Crippen molar-refractivity contribution in [2.24, 2.45) is 0 Å². The SMILES string of the molecule is O=[N+]([O-])c1ccc(S(=O)(=O)Nc2ccc(O)cc2Cl)cc1. The molecular formula is C12H9ClN2O5S. The molecule has 0 bridgehead atoms. The maximum atomic E-state index is 12.1. The first-order chi connectivity index (χ1) is 9.79. The summed E-state index contributed by atoms with van der Waals surface area (Å²) in [6.07, 6.45) is 0. The van der Waals surface area contributed by atoms with Gasteiger partial charge < -0.3 is 5.11 Å². The Morgan fingerprint density at radius 2 is 1.76 bits per heavy atom. The number of halogens is 1. The van der Waals surface area contributed by atoms with E-state index in [0.717, 1.165) is 24.3 Å². The highest BCUT2D eigenvalue weighted by molar-refractivity contribution is 7.92. The average Bonchev–Trinajstić information content (AvgIpc) is 2.42. The third-order valence-corrected chi connectivity index (χ3v) is 4.25. The van der Waals surface area contributed by atoms with Crippen molar-refractivity contribution in [3.05, 3.63) is 57.6 Å². The summed E-state index contributed by atoms with van der Waals surface area (Å²) in [4.78, 5) is 9.76. The number of nitro benzene ring substituents is 1. The number of phenolic OH excluding ortho intramolecular Hbond substituents is 1. The molecule has 0 unspecified atom stereocenters. The Labute approximate surface area is 125 Å². The number of hydrogen-bond donors (Lipinski definition) is 2. The van der Waals surface area contributed by atoms with Crippen LogP contribution in [0.3, 0.4) is 0 Å². The molecule has 0 amide bonds. The van der Waals surface area contributed by atoms with Gasteiger partial charge in [-0.05, 0) is 24.3 Å². The summed E-state index contributed by atoms with van der Waals surface area (Å²) in [5, 5.41) is 19.8. The van der Waals surface area contributed by atoms with Gasteiger partial charge in [-0.1, -0.05) is 11.6 Å². The first-order valence-electron chi connectivity index (χ1n) is 5.55. The lowest BCUT2D eigenvalue weighted by Gasteiger charge is -2.09. The summed E-state index contributed by atoms with van der Waals surface area (Å²) < 4.78 is 26.5. The molecule has 0 saturated carbocycles. The Hall–Kier alpha value is -2.32. The number of nitrogens with one attached hydrogen (secondary N) is 1. The van der Waals surface area contributed by atoms with Crippen molar-refractivity contribution in [2.75, 3.05) is 4.72 Å². The van der Waals surface area contributed by atoms with Gasteiger partial charge >= 0.3 is 0 Å². The summed E-state index contributed by atoms with van der Waals surface area (Å²) >= 11 is 5.81. The Bertz CT molecular complexity index is 790. The third-order valence-electron chi connectivity index (χ3n) is 2.55. The molecule has 0 aliphatic heterocycles. The topological polar surface area (TPSA) is 110 Å². The van der Waals surface area contributed by atoms with Crippen LogP contribution in [0, 0.1) is 10.1 Å². The van der Waals surface area contributed by atoms with Crippen molar-refractivity contribution in [3.63, 3.8) is 0 Å². The molecule has 0 spiro atoms. The molecular weight excluding hydrogens is 320 g/mol. The van der Waals surface area contributed by atoms with Crippen molar-refractivity contribution in [1.29, 1.82) is 0 Å². The Morgan fingerprint density at radius 3 is 2.29 bits per heavy atom. The van der Waals surface area contributed by atoms with Crippen molar-refractivity contribution < 1.29 is 18.4 Å². The number of nitrogens with zero attached hydrogens (tertiary/aromatic N) is 1. The largest absolute Gasteiger partial charge is 0.508 e. The van der Waals surface area contributed by atoms with Crippen LogP contribution in [0.5, 0.6) is 5.75 Å². The van der Waals surface area contributed by atoms with Crippen LogP contribution in [0.2, 0.25) is 5.02 Å². The second-order valence-corrected chi connectivity index (χ2v) is 6.11. The molecule has 0 aliphatic rings. The Balaban J connectivity index is 2.31. The van der Waals surface area contributed by atoms with Gasteiger partial charge in [0.2, 0.25) is 0 Å². The average molecular weight is 329 g/mol. The zero-order valence-corrected chi connectivity index (χ0v) is 11.9. The van der Waals surface area contributed by atoms with Crippen LogP contribution in [0.1, 0.15) is 0 Å². The van der Waals surface area contributed by atoms with Crippen molar-refractivity contribution in [3.8, 4) is 5.75 Å². The zero-order chi connectivity index (χ0) is 15.6. The standard InChI is InChI=1S/C12H9ClN2O5S/c13-11-7-9(16)3-6-12(11)14-21(19,20)10-4-1-8(2-5-10)15(17)18/h1-7,14,16H. The number of hydrogen-bond acceptors (Lipinski definition) is 5. The number of sulfonamides is 1. The molecule has 110 valence electrons. The fourth-order valence-corrected chi connectivity index (χ4v) is 2.90. The summed E-state index contributed by atoms with van der Waals surface area (Å²) in [5.41, 5.74) is -0.121. The van der Waals surface area contributed by atoms with Crippen LogP contribution in [0.4, 0.5) is 11.4 Å². The van der Waals surface area contributed by atoms with E-state index in [1.165, 1.54) is 18.2 Å². The van der Waals surface area contributed by atoms with E-state index in [0.29, 0.717) is 0 Å². The second kappa shape index (κ2) is 5.58. The number of non-ortho nitro benzene ring substituents is 1. The monoisotopic (exact) mass is 328 g/mol. The predicted molar refractivity (Wildman–Crippen MR) is 77.0 cm³/mol. The minimum Gasteiger partial charge on any atom is -0.508 e. The molecule has 2 aromatic carbocycles. The van der Waals surface area contributed by atoms with E-state index >= 15 is 0 Å². The van der Waals surface area contributed by atoms with Gasteiger partial charge in [0.1, 0.15) is 5.75 Å². The van der Waals surface area contributed by atoms with Gasteiger partial charge in [-0.15, -0.1) is 0 Å². The first kappa shape index (κ1) is 15.1. The van der Waals surface area contributed by atoms with E-state index in [9.17, 15) is 23.6 Å². The van der Waals surface area contributed by atoms with E-state index in [1.807, 2.05) is 0 Å². The highest BCUT2D eigenvalue weighted by Crippen LogP contribution is 2.28. The minimum atomic E-state index is -3.93. The Morgan fingerprint density at radius 1 is 1.14 bits per heavy atom. The lowest BCUT2D eigenvalue weighted by Crippen LogP contribution is -2.13. The molecule has 2 rings (SSSR count). The number of phenols is 1. The van der Waals surface area contributed by atoms with E-state index in [2.05, 4.69) is 4.72 Å². The van der Waals surface area contributed by atoms with Gasteiger partial charge in [-0.3, -0.25) is 14.8 Å². The number of aromatic hydroxyl groups is 1. The van der Waals surface area contributed by atoms with Crippen molar-refractivity contribution >= 4 is 33.0 Å². The van der Waals surface area contributed by atoms with Crippen LogP contribution in [-0.4, -0.2) is 18.4 Å². The summed E-state index contributed by atoms with van der Waals surface area (Å²) in [7, 11) is -3.93. The molecule has 0 aliphatic carbocycles. The van der Waals surface area contributed by atoms with E-state index in [4.69, 9.17) is 11.6 Å². The highest BCUT2D eigenvalue weighted by Gasteiger charge is 2.17. The molecule has 7 nitrogen and oxygen atoms in total. The number of anilines is 1. The van der Waals surface area contributed by atoms with Crippen LogP contribution >= 0.6 is 11.6 Å².